The highest BCUT2D eigenvalue weighted by atomic mass is 19.2. The Labute approximate surface area is 190 Å². The molecular weight excluding hydrogens is 460 g/mol. The zero-order chi connectivity index (χ0) is 25.0. The summed E-state index contributed by atoms with van der Waals surface area (Å²) < 4.78 is 42.2. The van der Waals surface area contributed by atoms with Crippen molar-refractivity contribution in [1.29, 1.82) is 0 Å². The number of carbonyl (C=O) groups excluding carboxylic acids is 3. The molecule has 0 spiro atoms. The molecule has 1 heterocycles. The van der Waals surface area contributed by atoms with Gasteiger partial charge in [0, 0.05) is 19.2 Å². The summed E-state index contributed by atoms with van der Waals surface area (Å²) in [7, 11) is 2.31. The first-order valence-corrected chi connectivity index (χ1v) is 9.50. The zero-order valence-corrected chi connectivity index (χ0v) is 17.8. The molecule has 2 aromatic carbocycles. The molecule has 0 N–H and O–H groups in total. The van der Waals surface area contributed by atoms with E-state index in [-0.39, 0.29) is 29.3 Å². The summed E-state index contributed by atoms with van der Waals surface area (Å²) in [6, 6.07) is 4.62. The predicted molar refractivity (Wildman–Crippen MR) is 110 cm³/mol. The topological polar surface area (TPSA) is 129 Å². The third kappa shape index (κ3) is 4.83. The highest BCUT2D eigenvalue weighted by molar-refractivity contribution is 6.02. The van der Waals surface area contributed by atoms with Crippen molar-refractivity contribution in [1.82, 2.24) is 9.80 Å². The molecule has 178 valence electrons. The Morgan fingerprint density at radius 2 is 1.74 bits per heavy atom. The van der Waals surface area contributed by atoms with Gasteiger partial charge in [0.15, 0.2) is 11.6 Å². The Balaban J connectivity index is 2.06. The molecule has 0 fully saturated rings. The zero-order valence-electron chi connectivity index (χ0n) is 17.8. The average Bonchev–Trinajstić information content (AvgIpc) is 2.80. The molecule has 4 amide bonds. The molecule has 13 heteroatoms. The summed E-state index contributed by atoms with van der Waals surface area (Å²) in [5.74, 6) is -2.53. The van der Waals surface area contributed by atoms with E-state index in [1.165, 1.54) is 13.2 Å². The average molecular weight is 477 g/mol. The van der Waals surface area contributed by atoms with Crippen LogP contribution in [0.1, 0.15) is 11.6 Å². The van der Waals surface area contributed by atoms with Crippen LogP contribution in [-0.2, 0) is 9.47 Å². The Kier molecular flexibility index (Phi) is 7.16. The van der Waals surface area contributed by atoms with Crippen LogP contribution in [0.5, 0.6) is 5.75 Å². The van der Waals surface area contributed by atoms with Gasteiger partial charge in [-0.2, -0.15) is 4.90 Å². The second-order valence-corrected chi connectivity index (χ2v) is 6.79. The molecule has 11 nitrogen and oxygen atoms in total. The van der Waals surface area contributed by atoms with Crippen LogP contribution in [-0.4, -0.2) is 53.8 Å². The maximum Gasteiger partial charge on any atom is 0.424 e. The van der Waals surface area contributed by atoms with Crippen LogP contribution in [0.2, 0.25) is 0 Å². The van der Waals surface area contributed by atoms with Crippen molar-refractivity contribution in [2.24, 2.45) is 0 Å². The number of nitrogens with zero attached hydrogens (tertiary/aromatic N) is 3. The van der Waals surface area contributed by atoms with Crippen LogP contribution in [0.3, 0.4) is 0 Å². The quantitative estimate of drug-likeness (QED) is 0.464. The first kappa shape index (κ1) is 24.3. The fourth-order valence-electron chi connectivity index (χ4n) is 3.15. The lowest BCUT2D eigenvalue weighted by Crippen LogP contribution is -2.53. The number of nitro groups is 1. The molecule has 34 heavy (non-hydrogen) atoms. The molecule has 0 radical (unpaired) electrons. The van der Waals surface area contributed by atoms with E-state index in [1.54, 1.807) is 0 Å². The summed E-state index contributed by atoms with van der Waals surface area (Å²) in [4.78, 5) is 49.6. The number of methoxy groups -OCH3 is 2. The molecule has 0 aliphatic carbocycles. The van der Waals surface area contributed by atoms with Crippen molar-refractivity contribution >= 4 is 23.9 Å². The minimum atomic E-state index is -1.32. The Hall–Kier alpha value is -4.39. The van der Waals surface area contributed by atoms with Gasteiger partial charge in [0.2, 0.25) is 0 Å². The van der Waals surface area contributed by atoms with Crippen molar-refractivity contribution in [3.8, 4) is 5.75 Å². The lowest BCUT2D eigenvalue weighted by atomic mass is 10.0. The van der Waals surface area contributed by atoms with Crippen molar-refractivity contribution in [2.45, 2.75) is 6.04 Å². The molecule has 1 unspecified atom stereocenters. The summed E-state index contributed by atoms with van der Waals surface area (Å²) in [5.41, 5.74) is -0.294. The number of imide groups is 2. The molecule has 0 saturated carbocycles. The highest BCUT2D eigenvalue weighted by Gasteiger charge is 2.43. The van der Waals surface area contributed by atoms with E-state index < -0.39 is 40.8 Å². The molecule has 3 rings (SSSR count). The summed E-state index contributed by atoms with van der Waals surface area (Å²) in [6.45, 7) is -0.258. The van der Waals surface area contributed by atoms with Gasteiger partial charge in [0.05, 0.1) is 30.4 Å². The van der Waals surface area contributed by atoms with E-state index in [9.17, 15) is 33.3 Å². The van der Waals surface area contributed by atoms with Gasteiger partial charge < -0.3 is 14.2 Å². The first-order chi connectivity index (χ1) is 16.2. The van der Waals surface area contributed by atoms with Crippen LogP contribution < -0.4 is 4.74 Å². The summed E-state index contributed by atoms with van der Waals surface area (Å²) in [6.07, 6.45) is -1.17. The van der Waals surface area contributed by atoms with Crippen molar-refractivity contribution in [3.63, 3.8) is 0 Å². The maximum atomic E-state index is 13.9. The predicted octanol–water partition coefficient (Wildman–Crippen LogP) is 4.15. The number of rotatable bonds is 5. The third-order valence-corrected chi connectivity index (χ3v) is 4.70. The molecule has 1 aliphatic heterocycles. The Morgan fingerprint density at radius 1 is 1.06 bits per heavy atom. The number of hydrogen-bond acceptors (Lipinski definition) is 8. The van der Waals surface area contributed by atoms with Gasteiger partial charge >= 0.3 is 18.2 Å². The summed E-state index contributed by atoms with van der Waals surface area (Å²) >= 11 is 0. The molecule has 0 aromatic heterocycles. The second kappa shape index (κ2) is 10.0. The lowest BCUT2D eigenvalue weighted by Gasteiger charge is -2.37. The lowest BCUT2D eigenvalue weighted by molar-refractivity contribution is -0.384. The highest BCUT2D eigenvalue weighted by Crippen LogP contribution is 2.33. The Bertz CT molecular complexity index is 1170. The standard InChI is InChI=1S/C21H17F2N3O8/c1-32-11-14-10-18(12-3-8-16(22)17(23)9-12)25(19(27)24(14)20(28)33-2)21(29)34-15-6-4-13(5-7-15)26(30)31/h3-10,18H,11H2,1-2H3. The number of nitro benzene ring substituents is 1. The van der Waals surface area contributed by atoms with Crippen LogP contribution in [0.4, 0.5) is 28.9 Å². The van der Waals surface area contributed by atoms with Crippen LogP contribution in [0.25, 0.3) is 0 Å². The second-order valence-electron chi connectivity index (χ2n) is 6.79. The van der Waals surface area contributed by atoms with Crippen LogP contribution in [0.15, 0.2) is 54.2 Å². The Morgan fingerprint density at radius 3 is 2.29 bits per heavy atom. The van der Waals surface area contributed by atoms with Gasteiger partial charge in [0.1, 0.15) is 5.75 Å². The van der Waals surface area contributed by atoms with E-state index >= 15 is 0 Å². The number of urea groups is 1. The fourth-order valence-corrected chi connectivity index (χ4v) is 3.15. The smallest absolute Gasteiger partial charge is 0.424 e. The van der Waals surface area contributed by atoms with Crippen molar-refractivity contribution in [3.05, 3.63) is 81.5 Å². The normalized spacial score (nSPS) is 15.6. The fraction of sp³-hybridized carbons (Fsp3) is 0.190. The van der Waals surface area contributed by atoms with E-state index in [0.29, 0.717) is 9.80 Å². The van der Waals surface area contributed by atoms with Gasteiger partial charge in [-0.05, 0) is 35.9 Å². The first-order valence-electron chi connectivity index (χ1n) is 9.50. The summed E-state index contributed by atoms with van der Waals surface area (Å²) in [5, 5.41) is 10.8. The number of amides is 4. The van der Waals surface area contributed by atoms with E-state index in [2.05, 4.69) is 4.74 Å². The molecule has 0 saturated heterocycles. The minimum Gasteiger partial charge on any atom is -0.452 e. The van der Waals surface area contributed by atoms with E-state index in [4.69, 9.17) is 9.47 Å². The minimum absolute atomic E-state index is 0.00832. The van der Waals surface area contributed by atoms with Crippen molar-refractivity contribution < 1.29 is 42.3 Å². The number of carbonyl (C=O) groups is 3. The van der Waals surface area contributed by atoms with Crippen LogP contribution >= 0.6 is 0 Å². The largest absolute Gasteiger partial charge is 0.452 e. The van der Waals surface area contributed by atoms with Gasteiger partial charge in [-0.3, -0.25) is 10.1 Å². The molecule has 1 aliphatic rings. The van der Waals surface area contributed by atoms with E-state index in [0.717, 1.165) is 49.6 Å². The number of non-ortho nitro benzene ring substituents is 1. The number of benzene rings is 2. The monoisotopic (exact) mass is 477 g/mol. The molecular formula is C21H17F2N3O8. The maximum absolute atomic E-state index is 13.9. The number of hydrogen-bond donors (Lipinski definition) is 0. The molecule has 1 atom stereocenters. The van der Waals surface area contributed by atoms with Gasteiger partial charge in [-0.15, -0.1) is 0 Å². The van der Waals surface area contributed by atoms with Gasteiger partial charge in [-0.25, -0.2) is 28.1 Å². The van der Waals surface area contributed by atoms with Gasteiger partial charge in [-0.1, -0.05) is 6.07 Å². The molecule has 0 bridgehead atoms. The van der Waals surface area contributed by atoms with E-state index in [1.807, 2.05) is 0 Å². The number of ether oxygens (including phenoxy) is 3. The van der Waals surface area contributed by atoms with Gasteiger partial charge in [0.25, 0.3) is 5.69 Å². The van der Waals surface area contributed by atoms with Crippen LogP contribution in [0, 0.1) is 21.7 Å². The SMILES string of the molecule is COCC1=CC(c2ccc(F)c(F)c2)N(C(=O)Oc2ccc([N+](=O)[O-])cc2)C(=O)N1C(=O)OC. The number of halogens is 2. The third-order valence-electron chi connectivity index (χ3n) is 4.70. The van der Waals surface area contributed by atoms with Crippen molar-refractivity contribution in [2.75, 3.05) is 20.8 Å². The molecule has 2 aromatic rings.